The van der Waals surface area contributed by atoms with E-state index < -0.39 is 0 Å². The van der Waals surface area contributed by atoms with Gasteiger partial charge in [-0.1, -0.05) is 23.2 Å². The zero-order valence-corrected chi connectivity index (χ0v) is 10.6. The number of thiophene rings is 1. The lowest BCUT2D eigenvalue weighted by atomic mass is 10.4. The van der Waals surface area contributed by atoms with Crippen LogP contribution in [0.2, 0.25) is 9.49 Å². The first-order valence-electron chi connectivity index (χ1n) is 4.63. The molecule has 0 aliphatic carbocycles. The fourth-order valence-electron chi connectivity index (χ4n) is 1.39. The molecule has 84 valence electrons. The Labute approximate surface area is 110 Å². The van der Waals surface area contributed by atoms with E-state index in [4.69, 9.17) is 23.2 Å². The first-order valence-corrected chi connectivity index (χ1v) is 6.20. The molecule has 3 heterocycles. The maximum Gasteiger partial charge on any atom is 0.182 e. The summed E-state index contributed by atoms with van der Waals surface area (Å²) in [7, 11) is 0. The molecule has 0 fully saturated rings. The second kappa shape index (κ2) is 4.18. The molecule has 0 atom stereocenters. The summed E-state index contributed by atoms with van der Waals surface area (Å²) in [4.78, 5) is 17.4. The summed E-state index contributed by atoms with van der Waals surface area (Å²) in [5.74, 6) is 0.453. The average molecular weight is 283 g/mol. The van der Waals surface area contributed by atoms with Crippen molar-refractivity contribution in [3.63, 3.8) is 0 Å². The van der Waals surface area contributed by atoms with E-state index in [9.17, 15) is 0 Å². The van der Waals surface area contributed by atoms with Gasteiger partial charge in [0.2, 0.25) is 0 Å². The third-order valence-electron chi connectivity index (χ3n) is 2.11. The molecule has 0 aliphatic rings. The monoisotopic (exact) mass is 282 g/mol. The summed E-state index contributed by atoms with van der Waals surface area (Å²) in [6.45, 7) is 0. The Balaban J connectivity index is 2.25. The molecule has 0 aromatic carbocycles. The summed E-state index contributed by atoms with van der Waals surface area (Å²) in [5.41, 5.74) is 0.584. The van der Waals surface area contributed by atoms with Gasteiger partial charge in [0.15, 0.2) is 5.82 Å². The summed E-state index contributed by atoms with van der Waals surface area (Å²) in [5, 5.41) is 1.13. The van der Waals surface area contributed by atoms with Crippen LogP contribution in [0.25, 0.3) is 21.7 Å². The van der Waals surface area contributed by atoms with Crippen LogP contribution in [0.15, 0.2) is 24.7 Å². The molecule has 0 amide bonds. The van der Waals surface area contributed by atoms with Gasteiger partial charge >= 0.3 is 0 Å². The predicted molar refractivity (Wildman–Crippen MR) is 68.5 cm³/mol. The predicted octanol–water partition coefficient (Wildman–Crippen LogP) is 3.46. The SMILES string of the molecule is Clc1cc2c(Cl)nc(-c3cnccn3)nc2s1. The van der Waals surface area contributed by atoms with Crippen molar-refractivity contribution in [1.29, 1.82) is 0 Å². The van der Waals surface area contributed by atoms with Crippen LogP contribution in [0.5, 0.6) is 0 Å². The lowest BCUT2D eigenvalue weighted by molar-refractivity contribution is 1.14. The lowest BCUT2D eigenvalue weighted by Crippen LogP contribution is -1.92. The van der Waals surface area contributed by atoms with Crippen molar-refractivity contribution < 1.29 is 0 Å². The van der Waals surface area contributed by atoms with E-state index in [1.165, 1.54) is 11.3 Å². The maximum absolute atomic E-state index is 6.07. The number of hydrogen-bond donors (Lipinski definition) is 0. The van der Waals surface area contributed by atoms with Gasteiger partial charge < -0.3 is 0 Å². The van der Waals surface area contributed by atoms with E-state index in [-0.39, 0.29) is 0 Å². The molecule has 3 aromatic rings. The second-order valence-corrected chi connectivity index (χ2v) is 5.22. The first kappa shape index (κ1) is 10.8. The molecule has 7 heteroatoms. The fraction of sp³-hybridized carbons (Fsp3) is 0. The molecular weight excluding hydrogens is 279 g/mol. The topological polar surface area (TPSA) is 51.6 Å². The van der Waals surface area contributed by atoms with Crippen LogP contribution in [-0.2, 0) is 0 Å². The van der Waals surface area contributed by atoms with Gasteiger partial charge in [-0.15, -0.1) is 11.3 Å². The van der Waals surface area contributed by atoms with E-state index in [0.717, 1.165) is 10.2 Å². The Bertz CT molecular complexity index is 683. The van der Waals surface area contributed by atoms with Crippen molar-refractivity contribution in [3.8, 4) is 11.5 Å². The molecule has 0 N–H and O–H groups in total. The third-order valence-corrected chi connectivity index (χ3v) is 3.55. The molecule has 3 aromatic heterocycles. The number of fused-ring (bicyclic) bond motifs is 1. The molecule has 0 bridgehead atoms. The Morgan fingerprint density at radius 3 is 2.76 bits per heavy atom. The van der Waals surface area contributed by atoms with E-state index in [0.29, 0.717) is 21.0 Å². The van der Waals surface area contributed by atoms with Crippen molar-refractivity contribution in [1.82, 2.24) is 19.9 Å². The smallest absolute Gasteiger partial charge is 0.182 e. The van der Waals surface area contributed by atoms with Crippen molar-refractivity contribution in [3.05, 3.63) is 34.1 Å². The quantitative estimate of drug-likeness (QED) is 0.642. The molecule has 0 saturated heterocycles. The van der Waals surface area contributed by atoms with Gasteiger partial charge in [0.05, 0.1) is 15.9 Å². The van der Waals surface area contributed by atoms with Gasteiger partial charge in [-0.3, -0.25) is 4.98 Å². The Morgan fingerprint density at radius 2 is 2.00 bits per heavy atom. The van der Waals surface area contributed by atoms with Crippen molar-refractivity contribution in [2.45, 2.75) is 0 Å². The van der Waals surface area contributed by atoms with Crippen LogP contribution in [0.4, 0.5) is 0 Å². The largest absolute Gasteiger partial charge is 0.261 e. The Morgan fingerprint density at radius 1 is 1.12 bits per heavy atom. The van der Waals surface area contributed by atoms with Crippen molar-refractivity contribution >= 4 is 44.8 Å². The van der Waals surface area contributed by atoms with Crippen LogP contribution in [0.3, 0.4) is 0 Å². The van der Waals surface area contributed by atoms with E-state index in [2.05, 4.69) is 19.9 Å². The highest BCUT2D eigenvalue weighted by Gasteiger charge is 2.11. The van der Waals surface area contributed by atoms with Gasteiger partial charge in [0, 0.05) is 12.4 Å². The third kappa shape index (κ3) is 1.97. The van der Waals surface area contributed by atoms with Gasteiger partial charge in [-0.2, -0.15) is 0 Å². The Kier molecular flexibility index (Phi) is 2.66. The van der Waals surface area contributed by atoms with Crippen LogP contribution < -0.4 is 0 Å². The highest BCUT2D eigenvalue weighted by molar-refractivity contribution is 7.22. The molecule has 17 heavy (non-hydrogen) atoms. The molecule has 0 aliphatic heterocycles. The fourth-order valence-corrected chi connectivity index (χ4v) is 2.75. The van der Waals surface area contributed by atoms with Gasteiger partial charge in [-0.25, -0.2) is 15.0 Å². The standard InChI is InChI=1S/C10H4Cl2N4S/c11-7-3-5-8(12)15-9(16-10(5)17-7)6-4-13-1-2-14-6/h1-4H. The maximum atomic E-state index is 6.07. The van der Waals surface area contributed by atoms with E-state index >= 15 is 0 Å². The van der Waals surface area contributed by atoms with E-state index in [1.54, 1.807) is 24.7 Å². The summed E-state index contributed by atoms with van der Waals surface area (Å²) >= 11 is 13.3. The minimum absolute atomic E-state index is 0.374. The lowest BCUT2D eigenvalue weighted by Gasteiger charge is -1.99. The van der Waals surface area contributed by atoms with Crippen LogP contribution in [0, 0.1) is 0 Å². The summed E-state index contributed by atoms with van der Waals surface area (Å²) in [6.07, 6.45) is 4.76. The number of halogens is 2. The zero-order chi connectivity index (χ0) is 11.8. The van der Waals surface area contributed by atoms with Gasteiger partial charge in [0.1, 0.15) is 15.7 Å². The second-order valence-electron chi connectivity index (χ2n) is 3.20. The highest BCUT2D eigenvalue weighted by atomic mass is 35.5. The molecule has 0 spiro atoms. The van der Waals surface area contributed by atoms with Crippen molar-refractivity contribution in [2.24, 2.45) is 0 Å². The number of hydrogen-bond acceptors (Lipinski definition) is 5. The molecule has 0 unspecified atom stereocenters. The highest BCUT2D eigenvalue weighted by Crippen LogP contribution is 2.32. The van der Waals surface area contributed by atoms with Gasteiger partial charge in [-0.05, 0) is 6.07 Å². The molecule has 4 nitrogen and oxygen atoms in total. The van der Waals surface area contributed by atoms with Crippen molar-refractivity contribution in [2.75, 3.05) is 0 Å². The summed E-state index contributed by atoms with van der Waals surface area (Å²) in [6, 6.07) is 1.75. The van der Waals surface area contributed by atoms with Crippen LogP contribution >= 0.6 is 34.5 Å². The van der Waals surface area contributed by atoms with Crippen LogP contribution in [0.1, 0.15) is 0 Å². The number of aromatic nitrogens is 4. The number of nitrogens with zero attached hydrogens (tertiary/aromatic N) is 4. The van der Waals surface area contributed by atoms with Crippen LogP contribution in [-0.4, -0.2) is 19.9 Å². The Hall–Kier alpha value is -1.30. The van der Waals surface area contributed by atoms with E-state index in [1.807, 2.05) is 0 Å². The zero-order valence-electron chi connectivity index (χ0n) is 8.26. The molecular formula is C10H4Cl2N4S. The number of rotatable bonds is 1. The molecule has 3 rings (SSSR count). The minimum Gasteiger partial charge on any atom is -0.261 e. The molecule has 0 saturated carbocycles. The van der Waals surface area contributed by atoms with Gasteiger partial charge in [0.25, 0.3) is 0 Å². The average Bonchev–Trinajstić information content (AvgIpc) is 2.71. The molecule has 0 radical (unpaired) electrons. The minimum atomic E-state index is 0.374. The summed E-state index contributed by atoms with van der Waals surface area (Å²) < 4.78 is 0.632. The first-order chi connectivity index (χ1) is 8.24. The normalized spacial score (nSPS) is 10.9.